The van der Waals surface area contributed by atoms with E-state index in [1.807, 2.05) is 0 Å². The van der Waals surface area contributed by atoms with Gasteiger partial charge in [0.05, 0.1) is 0 Å². The van der Waals surface area contributed by atoms with E-state index in [0.29, 0.717) is 11.7 Å². The molecular weight excluding hydrogens is 215 g/mol. The van der Waals surface area contributed by atoms with Crippen LogP contribution in [-0.4, -0.2) is 10.2 Å². The van der Waals surface area contributed by atoms with Crippen LogP contribution in [0.1, 0.15) is 5.89 Å². The molecule has 68 valence electrons. The van der Waals surface area contributed by atoms with Gasteiger partial charge in [-0.3, -0.25) is 0 Å². The molecular formula is C7H4Cl2N2O2. The molecule has 2 heterocycles. The maximum absolute atomic E-state index is 5.57. The van der Waals surface area contributed by atoms with E-state index in [9.17, 15) is 0 Å². The molecule has 0 saturated carbocycles. The standard InChI is InChI=1S/C7H4Cl2N2O2/c8-3-6-10-11-7(13-6)4-1-2-5(9)12-4/h1-2H,3H2. The Morgan fingerprint density at radius 1 is 1.23 bits per heavy atom. The average Bonchev–Trinajstić information content (AvgIpc) is 2.71. The molecule has 13 heavy (non-hydrogen) atoms. The number of alkyl halides is 1. The van der Waals surface area contributed by atoms with Crippen LogP contribution in [0.25, 0.3) is 11.7 Å². The van der Waals surface area contributed by atoms with Crippen LogP contribution < -0.4 is 0 Å². The summed E-state index contributed by atoms with van der Waals surface area (Å²) in [5.41, 5.74) is 0. The Labute approximate surface area is 83.5 Å². The molecule has 0 atom stereocenters. The van der Waals surface area contributed by atoms with Gasteiger partial charge in [0.2, 0.25) is 5.89 Å². The Balaban J connectivity index is 2.35. The smallest absolute Gasteiger partial charge is 0.283 e. The Kier molecular flexibility index (Phi) is 2.24. The van der Waals surface area contributed by atoms with Crippen LogP contribution in [0.2, 0.25) is 5.22 Å². The fourth-order valence-electron chi connectivity index (χ4n) is 0.836. The van der Waals surface area contributed by atoms with Crippen molar-refractivity contribution in [2.24, 2.45) is 0 Å². The minimum atomic E-state index is 0.182. The second-order valence-corrected chi connectivity index (χ2v) is 2.88. The number of nitrogens with zero attached hydrogens (tertiary/aromatic N) is 2. The first-order valence-corrected chi connectivity index (χ1v) is 4.35. The van der Waals surface area contributed by atoms with Crippen molar-refractivity contribution in [3.05, 3.63) is 23.2 Å². The lowest BCUT2D eigenvalue weighted by Gasteiger charge is -1.84. The second-order valence-electron chi connectivity index (χ2n) is 2.24. The molecule has 0 aliphatic heterocycles. The van der Waals surface area contributed by atoms with Crippen molar-refractivity contribution >= 4 is 23.2 Å². The van der Waals surface area contributed by atoms with Crippen molar-refractivity contribution in [2.45, 2.75) is 5.88 Å². The van der Waals surface area contributed by atoms with E-state index in [0.717, 1.165) is 0 Å². The highest BCUT2D eigenvalue weighted by atomic mass is 35.5. The number of halogens is 2. The summed E-state index contributed by atoms with van der Waals surface area (Å²) in [5.74, 6) is 1.25. The second kappa shape index (κ2) is 3.40. The highest BCUT2D eigenvalue weighted by Crippen LogP contribution is 2.23. The van der Waals surface area contributed by atoms with Crippen LogP contribution in [0.5, 0.6) is 0 Å². The number of furan rings is 1. The van der Waals surface area contributed by atoms with Gasteiger partial charge in [-0.15, -0.1) is 21.8 Å². The molecule has 0 N–H and O–H groups in total. The monoisotopic (exact) mass is 218 g/mol. The van der Waals surface area contributed by atoms with Gasteiger partial charge in [0, 0.05) is 0 Å². The number of hydrogen-bond acceptors (Lipinski definition) is 4. The average molecular weight is 219 g/mol. The number of aromatic nitrogens is 2. The lowest BCUT2D eigenvalue weighted by Crippen LogP contribution is -1.74. The van der Waals surface area contributed by atoms with Crippen molar-refractivity contribution in [1.29, 1.82) is 0 Å². The third kappa shape index (κ3) is 1.68. The molecule has 0 aromatic carbocycles. The zero-order chi connectivity index (χ0) is 9.26. The van der Waals surface area contributed by atoms with E-state index in [4.69, 9.17) is 32.0 Å². The summed E-state index contributed by atoms with van der Waals surface area (Å²) in [6.07, 6.45) is 0. The summed E-state index contributed by atoms with van der Waals surface area (Å²) in [6, 6.07) is 3.25. The van der Waals surface area contributed by atoms with Crippen LogP contribution in [0.15, 0.2) is 21.0 Å². The SMILES string of the molecule is ClCc1nnc(-c2ccc(Cl)o2)o1. The normalized spacial score (nSPS) is 10.6. The van der Waals surface area contributed by atoms with Gasteiger partial charge in [-0.2, -0.15) is 0 Å². The molecule has 0 radical (unpaired) electrons. The largest absolute Gasteiger partial charge is 0.440 e. The Morgan fingerprint density at radius 2 is 2.08 bits per heavy atom. The van der Waals surface area contributed by atoms with Crippen LogP contribution in [-0.2, 0) is 5.88 Å². The van der Waals surface area contributed by atoms with Crippen LogP contribution >= 0.6 is 23.2 Å². The fourth-order valence-corrected chi connectivity index (χ4v) is 1.09. The Hall–Kier alpha value is -1.00. The van der Waals surface area contributed by atoms with Gasteiger partial charge in [-0.1, -0.05) is 0 Å². The van der Waals surface area contributed by atoms with Crippen molar-refractivity contribution in [3.63, 3.8) is 0 Å². The van der Waals surface area contributed by atoms with Crippen molar-refractivity contribution < 1.29 is 8.83 Å². The molecule has 0 unspecified atom stereocenters. The van der Waals surface area contributed by atoms with Gasteiger partial charge in [-0.25, -0.2) is 0 Å². The molecule has 2 rings (SSSR count). The molecule has 0 fully saturated rings. The van der Waals surface area contributed by atoms with E-state index in [2.05, 4.69) is 10.2 Å². The van der Waals surface area contributed by atoms with Gasteiger partial charge in [-0.05, 0) is 23.7 Å². The van der Waals surface area contributed by atoms with Gasteiger partial charge >= 0.3 is 0 Å². The quantitative estimate of drug-likeness (QED) is 0.728. The zero-order valence-electron chi connectivity index (χ0n) is 6.33. The molecule has 4 nitrogen and oxygen atoms in total. The highest BCUT2D eigenvalue weighted by molar-refractivity contribution is 6.28. The minimum Gasteiger partial charge on any atom is -0.440 e. The Morgan fingerprint density at radius 3 is 2.62 bits per heavy atom. The van der Waals surface area contributed by atoms with Gasteiger partial charge in [0.1, 0.15) is 5.88 Å². The predicted molar refractivity (Wildman–Crippen MR) is 46.6 cm³/mol. The van der Waals surface area contributed by atoms with Gasteiger partial charge in [0.15, 0.2) is 11.0 Å². The Bertz CT molecular complexity index is 410. The first-order chi connectivity index (χ1) is 6.29. The van der Waals surface area contributed by atoms with Crippen LogP contribution in [0.3, 0.4) is 0 Å². The summed E-state index contributed by atoms with van der Waals surface area (Å²) >= 11 is 11.0. The van der Waals surface area contributed by atoms with E-state index in [-0.39, 0.29) is 17.0 Å². The molecule has 0 saturated heterocycles. The van der Waals surface area contributed by atoms with Crippen LogP contribution in [0, 0.1) is 0 Å². The summed E-state index contributed by atoms with van der Waals surface area (Å²) < 4.78 is 10.2. The topological polar surface area (TPSA) is 52.1 Å². The van der Waals surface area contributed by atoms with Crippen molar-refractivity contribution in [2.75, 3.05) is 0 Å². The van der Waals surface area contributed by atoms with Gasteiger partial charge in [0.25, 0.3) is 5.89 Å². The molecule has 2 aromatic rings. The maximum Gasteiger partial charge on any atom is 0.283 e. The third-order valence-corrected chi connectivity index (χ3v) is 1.80. The predicted octanol–water partition coefficient (Wildman–Crippen LogP) is 2.72. The summed E-state index contributed by atoms with van der Waals surface area (Å²) in [4.78, 5) is 0. The first kappa shape index (κ1) is 8.59. The van der Waals surface area contributed by atoms with Gasteiger partial charge < -0.3 is 8.83 Å². The fraction of sp³-hybridized carbons (Fsp3) is 0.143. The lowest BCUT2D eigenvalue weighted by molar-refractivity contribution is 0.494. The number of rotatable bonds is 2. The molecule has 0 aliphatic carbocycles. The maximum atomic E-state index is 5.57. The zero-order valence-corrected chi connectivity index (χ0v) is 7.84. The molecule has 0 amide bonds. The van der Waals surface area contributed by atoms with E-state index < -0.39 is 0 Å². The third-order valence-electron chi connectivity index (χ3n) is 1.37. The molecule has 0 bridgehead atoms. The van der Waals surface area contributed by atoms with Crippen LogP contribution in [0.4, 0.5) is 0 Å². The van der Waals surface area contributed by atoms with Crippen molar-refractivity contribution in [1.82, 2.24) is 10.2 Å². The summed E-state index contributed by atoms with van der Waals surface area (Å²) in [7, 11) is 0. The van der Waals surface area contributed by atoms with E-state index in [1.54, 1.807) is 12.1 Å². The summed E-state index contributed by atoms with van der Waals surface area (Å²) in [6.45, 7) is 0. The first-order valence-electron chi connectivity index (χ1n) is 3.43. The molecule has 6 heteroatoms. The van der Waals surface area contributed by atoms with E-state index >= 15 is 0 Å². The molecule has 0 aliphatic rings. The van der Waals surface area contributed by atoms with Crippen molar-refractivity contribution in [3.8, 4) is 11.7 Å². The molecule has 0 spiro atoms. The lowest BCUT2D eigenvalue weighted by atomic mass is 10.5. The minimum absolute atomic E-state index is 0.182. The highest BCUT2D eigenvalue weighted by Gasteiger charge is 2.11. The summed E-state index contributed by atoms with van der Waals surface area (Å²) in [5, 5.41) is 7.66. The van der Waals surface area contributed by atoms with E-state index in [1.165, 1.54) is 0 Å². The number of hydrogen-bond donors (Lipinski definition) is 0. The molecule has 2 aromatic heterocycles.